The lowest BCUT2D eigenvalue weighted by atomic mass is 9.78. The molecule has 0 spiro atoms. The highest BCUT2D eigenvalue weighted by molar-refractivity contribution is 5.14. The third kappa shape index (κ3) is 2.40. The van der Waals surface area contributed by atoms with Gasteiger partial charge in [0.25, 0.3) is 0 Å². The lowest BCUT2D eigenvalue weighted by Crippen LogP contribution is -2.39. The van der Waals surface area contributed by atoms with Crippen LogP contribution < -0.4 is 5.73 Å². The first-order chi connectivity index (χ1) is 10.00. The summed E-state index contributed by atoms with van der Waals surface area (Å²) in [7, 11) is 1.76. The Kier molecular flexibility index (Phi) is 3.82. The average Bonchev–Trinajstić information content (AvgIpc) is 3.08. The highest BCUT2D eigenvalue weighted by Crippen LogP contribution is 2.43. The van der Waals surface area contributed by atoms with Crippen molar-refractivity contribution in [1.29, 1.82) is 0 Å². The molecular weight excluding hydrogens is 266 g/mol. The fourth-order valence-electron chi connectivity index (χ4n) is 4.08. The minimum Gasteiger partial charge on any atom is -0.370 e. The molecule has 2 fully saturated rings. The van der Waals surface area contributed by atoms with Gasteiger partial charge in [0.2, 0.25) is 11.7 Å². The molecule has 1 heterocycles. The van der Waals surface area contributed by atoms with Gasteiger partial charge in [-0.2, -0.15) is 4.98 Å². The van der Waals surface area contributed by atoms with Crippen LogP contribution in [-0.2, 0) is 15.8 Å². The Bertz CT molecular complexity index is 503. The average molecular weight is 293 g/mol. The third-order valence-corrected chi connectivity index (χ3v) is 5.70. The van der Waals surface area contributed by atoms with Gasteiger partial charge in [-0.3, -0.25) is 0 Å². The minimum atomic E-state index is -0.377. The molecule has 4 unspecified atom stereocenters. The Morgan fingerprint density at radius 2 is 2.05 bits per heavy atom. The molecule has 0 aromatic carbocycles. The van der Waals surface area contributed by atoms with Gasteiger partial charge in [0.05, 0.1) is 5.41 Å². The molecule has 2 aliphatic rings. The van der Waals surface area contributed by atoms with Gasteiger partial charge >= 0.3 is 0 Å². The predicted molar refractivity (Wildman–Crippen MR) is 79.8 cm³/mol. The molecule has 3 rings (SSSR count). The van der Waals surface area contributed by atoms with Crippen LogP contribution in [0.1, 0.15) is 70.5 Å². The monoisotopic (exact) mass is 293 g/mol. The van der Waals surface area contributed by atoms with Gasteiger partial charge in [0, 0.05) is 13.2 Å². The van der Waals surface area contributed by atoms with Crippen LogP contribution in [0.2, 0.25) is 0 Å². The van der Waals surface area contributed by atoms with Crippen LogP contribution in [0, 0.1) is 5.92 Å². The molecule has 5 nitrogen and oxygen atoms in total. The minimum absolute atomic E-state index is 0.106. The van der Waals surface area contributed by atoms with Gasteiger partial charge in [-0.05, 0) is 44.9 Å². The normalized spacial score (nSPS) is 40.6. The van der Waals surface area contributed by atoms with Crippen molar-refractivity contribution in [2.75, 3.05) is 7.11 Å². The molecule has 0 bridgehead atoms. The number of hydrogen-bond acceptors (Lipinski definition) is 5. The lowest BCUT2D eigenvalue weighted by Gasteiger charge is -2.36. The molecule has 1 aromatic heterocycles. The van der Waals surface area contributed by atoms with Gasteiger partial charge in [0.15, 0.2) is 0 Å². The first-order valence-corrected chi connectivity index (χ1v) is 8.15. The fraction of sp³-hybridized carbons (Fsp3) is 0.875. The zero-order valence-corrected chi connectivity index (χ0v) is 13.4. The van der Waals surface area contributed by atoms with Gasteiger partial charge in [-0.25, -0.2) is 0 Å². The Balaban J connectivity index is 1.90. The Morgan fingerprint density at radius 3 is 2.67 bits per heavy atom. The van der Waals surface area contributed by atoms with E-state index in [4.69, 9.17) is 20.0 Å². The second-order valence-electron chi connectivity index (χ2n) is 7.24. The number of hydrogen-bond donors (Lipinski definition) is 1. The summed E-state index contributed by atoms with van der Waals surface area (Å²) in [5, 5.41) is 4.27. The largest absolute Gasteiger partial charge is 0.370 e. The number of nitrogens with two attached hydrogens (primary N) is 1. The number of nitrogens with zero attached hydrogens (tertiary/aromatic N) is 2. The first-order valence-electron chi connectivity index (χ1n) is 8.15. The van der Waals surface area contributed by atoms with E-state index >= 15 is 0 Å². The fourth-order valence-corrected chi connectivity index (χ4v) is 4.08. The summed E-state index contributed by atoms with van der Waals surface area (Å²) in [6.45, 7) is 4.41. The number of methoxy groups -OCH3 is 1. The van der Waals surface area contributed by atoms with Crippen LogP contribution in [0.15, 0.2) is 4.52 Å². The van der Waals surface area contributed by atoms with Crippen LogP contribution >= 0.6 is 0 Å². The number of aromatic nitrogens is 2. The van der Waals surface area contributed by atoms with E-state index in [1.807, 2.05) is 0 Å². The second-order valence-corrected chi connectivity index (χ2v) is 7.24. The maximum Gasteiger partial charge on any atom is 0.234 e. The summed E-state index contributed by atoms with van der Waals surface area (Å²) in [5.74, 6) is 2.04. The van der Waals surface area contributed by atoms with Gasteiger partial charge in [0.1, 0.15) is 5.60 Å². The molecule has 2 N–H and O–H groups in total. The van der Waals surface area contributed by atoms with E-state index < -0.39 is 0 Å². The van der Waals surface area contributed by atoms with E-state index in [1.54, 1.807) is 7.11 Å². The Morgan fingerprint density at radius 1 is 1.29 bits per heavy atom. The van der Waals surface area contributed by atoms with Crippen molar-refractivity contribution in [3.8, 4) is 0 Å². The van der Waals surface area contributed by atoms with Crippen LogP contribution in [0.25, 0.3) is 0 Å². The quantitative estimate of drug-likeness (QED) is 0.927. The number of ether oxygens (including phenoxy) is 1. The number of rotatable bonds is 3. The van der Waals surface area contributed by atoms with Crippen LogP contribution in [-0.4, -0.2) is 23.3 Å². The van der Waals surface area contributed by atoms with Crippen molar-refractivity contribution >= 4 is 0 Å². The van der Waals surface area contributed by atoms with E-state index in [9.17, 15) is 0 Å². The van der Waals surface area contributed by atoms with Crippen LogP contribution in [0.5, 0.6) is 0 Å². The van der Waals surface area contributed by atoms with Gasteiger partial charge in [-0.15, -0.1) is 0 Å². The molecule has 5 heteroatoms. The highest BCUT2D eigenvalue weighted by Gasteiger charge is 2.46. The zero-order chi connectivity index (χ0) is 15.1. The molecule has 2 saturated carbocycles. The van der Waals surface area contributed by atoms with Crippen molar-refractivity contribution < 1.29 is 9.26 Å². The summed E-state index contributed by atoms with van der Waals surface area (Å²) in [4.78, 5) is 4.73. The van der Waals surface area contributed by atoms with Gasteiger partial charge in [-0.1, -0.05) is 24.9 Å². The molecule has 0 saturated heterocycles. The molecular formula is C16H27N3O2. The summed E-state index contributed by atoms with van der Waals surface area (Å²) in [6, 6.07) is 0.106. The Labute approximate surface area is 126 Å². The summed E-state index contributed by atoms with van der Waals surface area (Å²) >= 11 is 0. The molecule has 0 amide bonds. The molecule has 0 aliphatic heterocycles. The molecule has 118 valence electrons. The van der Waals surface area contributed by atoms with Gasteiger partial charge < -0.3 is 15.0 Å². The standard InChI is InChI=1S/C16H27N3O2/c1-11-6-4-9-16(10-11,20-3)13-18-14(21-19-13)15(2)8-5-7-12(15)17/h11-12H,4-10,17H2,1-3H3. The van der Waals surface area contributed by atoms with E-state index in [0.29, 0.717) is 17.6 Å². The first kappa shape index (κ1) is 15.0. The second kappa shape index (κ2) is 5.36. The predicted octanol–water partition coefficient (Wildman–Crippen LogP) is 2.89. The molecule has 0 radical (unpaired) electrons. The van der Waals surface area contributed by atoms with Crippen molar-refractivity contribution in [3.63, 3.8) is 0 Å². The van der Waals surface area contributed by atoms with E-state index in [0.717, 1.165) is 38.5 Å². The smallest absolute Gasteiger partial charge is 0.234 e. The lowest BCUT2D eigenvalue weighted by molar-refractivity contribution is -0.0658. The molecule has 2 aliphatic carbocycles. The van der Waals surface area contributed by atoms with Crippen molar-refractivity contribution in [3.05, 3.63) is 11.7 Å². The van der Waals surface area contributed by atoms with Crippen molar-refractivity contribution in [2.24, 2.45) is 11.7 Å². The molecule has 21 heavy (non-hydrogen) atoms. The van der Waals surface area contributed by atoms with Crippen molar-refractivity contribution in [2.45, 2.75) is 75.9 Å². The third-order valence-electron chi connectivity index (χ3n) is 5.70. The van der Waals surface area contributed by atoms with Crippen molar-refractivity contribution in [1.82, 2.24) is 10.1 Å². The van der Waals surface area contributed by atoms with E-state index in [1.165, 1.54) is 6.42 Å². The summed E-state index contributed by atoms with van der Waals surface area (Å²) in [6.07, 6.45) is 7.50. The summed E-state index contributed by atoms with van der Waals surface area (Å²) < 4.78 is 11.5. The molecule has 1 aromatic rings. The van der Waals surface area contributed by atoms with E-state index in [2.05, 4.69) is 19.0 Å². The van der Waals surface area contributed by atoms with Crippen LogP contribution in [0.3, 0.4) is 0 Å². The summed E-state index contributed by atoms with van der Waals surface area (Å²) in [5.41, 5.74) is 5.70. The highest BCUT2D eigenvalue weighted by atomic mass is 16.5. The topological polar surface area (TPSA) is 74.2 Å². The van der Waals surface area contributed by atoms with Crippen LogP contribution in [0.4, 0.5) is 0 Å². The maximum atomic E-state index is 6.26. The Hall–Kier alpha value is -0.940. The SMILES string of the molecule is COC1(c2noc(C3(C)CCCC3N)n2)CCCC(C)C1. The molecule has 4 atom stereocenters. The van der Waals surface area contributed by atoms with E-state index in [-0.39, 0.29) is 17.1 Å². The zero-order valence-electron chi connectivity index (χ0n) is 13.4. The maximum absolute atomic E-state index is 6.26.